The van der Waals surface area contributed by atoms with Crippen molar-refractivity contribution < 1.29 is 0 Å². The number of halogens is 1. The molecule has 1 heterocycles. The molecular formula is C8H9ClN2. The minimum absolute atomic E-state index is 0.228. The van der Waals surface area contributed by atoms with Crippen LogP contribution in [0.2, 0.25) is 5.02 Å². The Morgan fingerprint density at radius 3 is 3.00 bits per heavy atom. The van der Waals surface area contributed by atoms with Crippen LogP contribution in [0.1, 0.15) is 11.7 Å². The highest BCUT2D eigenvalue weighted by molar-refractivity contribution is 6.30. The minimum Gasteiger partial charge on any atom is -0.319 e. The summed E-state index contributed by atoms with van der Waals surface area (Å²) in [4.78, 5) is 4.03. The lowest BCUT2D eigenvalue weighted by atomic mass is 10.2. The van der Waals surface area contributed by atoms with Crippen LogP contribution in [0, 0.1) is 0 Å². The van der Waals surface area contributed by atoms with Gasteiger partial charge in [0.2, 0.25) is 0 Å². The second-order valence-corrected chi connectivity index (χ2v) is 2.60. The zero-order chi connectivity index (χ0) is 8.27. The van der Waals surface area contributed by atoms with Crippen LogP contribution >= 0.6 is 11.6 Å². The molecule has 2 N–H and O–H groups in total. The Bertz CT molecular complexity index is 260. The first-order chi connectivity index (χ1) is 5.24. The summed E-state index contributed by atoms with van der Waals surface area (Å²) in [5.41, 5.74) is 6.37. The monoisotopic (exact) mass is 168 g/mol. The predicted octanol–water partition coefficient (Wildman–Crippen LogP) is 1.92. The van der Waals surface area contributed by atoms with Crippen LogP contribution in [0.15, 0.2) is 31.0 Å². The lowest BCUT2D eigenvalue weighted by Crippen LogP contribution is -2.07. The Labute approximate surface area is 70.7 Å². The van der Waals surface area contributed by atoms with Crippen LogP contribution in [0.25, 0.3) is 0 Å². The molecule has 0 aliphatic carbocycles. The molecule has 0 amide bonds. The van der Waals surface area contributed by atoms with Crippen LogP contribution in [0.4, 0.5) is 0 Å². The van der Waals surface area contributed by atoms with Crippen molar-refractivity contribution in [2.75, 3.05) is 0 Å². The van der Waals surface area contributed by atoms with Gasteiger partial charge in [-0.15, -0.1) is 6.58 Å². The predicted molar refractivity (Wildman–Crippen MR) is 46.4 cm³/mol. The molecule has 0 aliphatic rings. The van der Waals surface area contributed by atoms with Crippen LogP contribution < -0.4 is 5.73 Å². The molecule has 58 valence electrons. The van der Waals surface area contributed by atoms with Gasteiger partial charge in [-0.05, 0) is 12.1 Å². The van der Waals surface area contributed by atoms with Crippen molar-refractivity contribution in [3.05, 3.63) is 41.7 Å². The van der Waals surface area contributed by atoms with Gasteiger partial charge in [-0.2, -0.15) is 0 Å². The van der Waals surface area contributed by atoms with Crippen molar-refractivity contribution in [2.45, 2.75) is 6.04 Å². The molecule has 1 unspecified atom stereocenters. The van der Waals surface area contributed by atoms with Crippen LogP contribution in [0.3, 0.4) is 0 Å². The van der Waals surface area contributed by atoms with E-state index in [9.17, 15) is 0 Å². The molecule has 11 heavy (non-hydrogen) atoms. The van der Waals surface area contributed by atoms with Crippen molar-refractivity contribution in [1.29, 1.82) is 0 Å². The number of rotatable bonds is 2. The average Bonchev–Trinajstić information content (AvgIpc) is 2.03. The Morgan fingerprint density at radius 2 is 2.45 bits per heavy atom. The largest absolute Gasteiger partial charge is 0.319 e. The molecule has 1 atom stereocenters. The zero-order valence-electron chi connectivity index (χ0n) is 6.00. The highest BCUT2D eigenvalue weighted by Crippen LogP contribution is 2.13. The van der Waals surface area contributed by atoms with E-state index >= 15 is 0 Å². The lowest BCUT2D eigenvalue weighted by Gasteiger charge is -2.03. The van der Waals surface area contributed by atoms with Gasteiger partial charge in [0.15, 0.2) is 0 Å². The maximum Gasteiger partial charge on any atom is 0.0654 e. The Balaban J connectivity index is 2.95. The third-order valence-corrected chi connectivity index (χ3v) is 1.57. The molecule has 0 bridgehead atoms. The SMILES string of the molecule is C=CC(N)c1cc(Cl)ccn1. The van der Waals surface area contributed by atoms with E-state index in [-0.39, 0.29) is 6.04 Å². The topological polar surface area (TPSA) is 38.9 Å². The molecule has 1 aromatic heterocycles. The van der Waals surface area contributed by atoms with Gasteiger partial charge in [-0.3, -0.25) is 4.98 Å². The van der Waals surface area contributed by atoms with E-state index in [0.29, 0.717) is 5.02 Å². The normalized spacial score (nSPS) is 12.5. The molecule has 0 saturated carbocycles. The zero-order valence-corrected chi connectivity index (χ0v) is 6.75. The summed E-state index contributed by atoms with van der Waals surface area (Å²) in [6, 6.07) is 3.21. The van der Waals surface area contributed by atoms with Gasteiger partial charge in [-0.1, -0.05) is 17.7 Å². The summed E-state index contributed by atoms with van der Waals surface area (Å²) in [7, 11) is 0. The van der Waals surface area contributed by atoms with E-state index in [4.69, 9.17) is 17.3 Å². The van der Waals surface area contributed by atoms with Crippen LogP contribution in [-0.2, 0) is 0 Å². The lowest BCUT2D eigenvalue weighted by molar-refractivity contribution is 0.864. The van der Waals surface area contributed by atoms with Crippen LogP contribution in [0.5, 0.6) is 0 Å². The molecule has 1 rings (SSSR count). The number of nitrogens with zero attached hydrogens (tertiary/aromatic N) is 1. The molecule has 2 nitrogen and oxygen atoms in total. The van der Waals surface area contributed by atoms with Crippen molar-refractivity contribution in [3.8, 4) is 0 Å². The summed E-state index contributed by atoms with van der Waals surface area (Å²) in [6.07, 6.45) is 3.25. The molecule has 0 fully saturated rings. The Hall–Kier alpha value is -0.860. The first-order valence-electron chi connectivity index (χ1n) is 3.23. The van der Waals surface area contributed by atoms with E-state index in [2.05, 4.69) is 11.6 Å². The first-order valence-corrected chi connectivity index (χ1v) is 3.61. The fourth-order valence-electron chi connectivity index (χ4n) is 0.724. The van der Waals surface area contributed by atoms with E-state index < -0.39 is 0 Å². The third kappa shape index (κ3) is 2.03. The number of nitrogens with two attached hydrogens (primary N) is 1. The molecule has 3 heteroatoms. The maximum atomic E-state index is 5.72. The van der Waals surface area contributed by atoms with E-state index in [1.165, 1.54) is 0 Å². The first kappa shape index (κ1) is 8.24. The van der Waals surface area contributed by atoms with Crippen molar-refractivity contribution in [2.24, 2.45) is 5.73 Å². The highest BCUT2D eigenvalue weighted by Gasteiger charge is 2.01. The van der Waals surface area contributed by atoms with Gasteiger partial charge in [0.05, 0.1) is 11.7 Å². The molecule has 0 aliphatic heterocycles. The standard InChI is InChI=1S/C8H9ClN2/c1-2-7(10)8-5-6(9)3-4-11-8/h2-5,7H,1,10H2. The van der Waals surface area contributed by atoms with Gasteiger partial charge in [0, 0.05) is 11.2 Å². The van der Waals surface area contributed by atoms with Crippen molar-refractivity contribution in [1.82, 2.24) is 4.98 Å². The van der Waals surface area contributed by atoms with Crippen molar-refractivity contribution >= 4 is 11.6 Å². The third-order valence-electron chi connectivity index (χ3n) is 1.34. The highest BCUT2D eigenvalue weighted by atomic mass is 35.5. The minimum atomic E-state index is -0.228. The quantitative estimate of drug-likeness (QED) is 0.686. The Morgan fingerprint density at radius 1 is 1.73 bits per heavy atom. The van der Waals surface area contributed by atoms with Gasteiger partial charge < -0.3 is 5.73 Å². The van der Waals surface area contributed by atoms with Crippen LogP contribution in [-0.4, -0.2) is 4.98 Å². The fourth-order valence-corrected chi connectivity index (χ4v) is 0.892. The van der Waals surface area contributed by atoms with E-state index in [0.717, 1.165) is 5.69 Å². The number of hydrogen-bond acceptors (Lipinski definition) is 2. The van der Waals surface area contributed by atoms with Crippen molar-refractivity contribution in [3.63, 3.8) is 0 Å². The van der Waals surface area contributed by atoms with Gasteiger partial charge in [0.25, 0.3) is 0 Å². The van der Waals surface area contributed by atoms with Gasteiger partial charge >= 0.3 is 0 Å². The number of aromatic nitrogens is 1. The summed E-state index contributed by atoms with van der Waals surface area (Å²) in [5, 5.41) is 0.646. The van der Waals surface area contributed by atoms with Gasteiger partial charge in [-0.25, -0.2) is 0 Å². The van der Waals surface area contributed by atoms with E-state index in [1.54, 1.807) is 24.4 Å². The van der Waals surface area contributed by atoms with E-state index in [1.807, 2.05) is 0 Å². The smallest absolute Gasteiger partial charge is 0.0654 e. The average molecular weight is 169 g/mol. The molecular weight excluding hydrogens is 160 g/mol. The number of pyridine rings is 1. The van der Waals surface area contributed by atoms with Gasteiger partial charge in [0.1, 0.15) is 0 Å². The summed E-state index contributed by atoms with van der Waals surface area (Å²) in [5.74, 6) is 0. The number of hydrogen-bond donors (Lipinski definition) is 1. The fraction of sp³-hybridized carbons (Fsp3) is 0.125. The second-order valence-electron chi connectivity index (χ2n) is 2.16. The molecule has 0 aromatic carbocycles. The Kier molecular flexibility index (Phi) is 2.63. The molecule has 0 radical (unpaired) electrons. The molecule has 0 spiro atoms. The summed E-state index contributed by atoms with van der Waals surface area (Å²) in [6.45, 7) is 3.56. The summed E-state index contributed by atoms with van der Waals surface area (Å²) >= 11 is 5.72. The summed E-state index contributed by atoms with van der Waals surface area (Å²) < 4.78 is 0. The molecule has 0 saturated heterocycles. The second kappa shape index (κ2) is 3.51. The molecule has 1 aromatic rings. The maximum absolute atomic E-state index is 5.72.